The first-order chi connectivity index (χ1) is 17.8. The zero-order chi connectivity index (χ0) is 26.4. The number of hydrogen-bond donors (Lipinski definition) is 4. The van der Waals surface area contributed by atoms with Crippen molar-refractivity contribution in [3.63, 3.8) is 0 Å². The van der Waals surface area contributed by atoms with Gasteiger partial charge in [0.1, 0.15) is 5.82 Å². The summed E-state index contributed by atoms with van der Waals surface area (Å²) in [6, 6.07) is 4.77. The van der Waals surface area contributed by atoms with E-state index in [1.54, 1.807) is 6.07 Å². The van der Waals surface area contributed by atoms with E-state index in [2.05, 4.69) is 15.2 Å². The van der Waals surface area contributed by atoms with Crippen molar-refractivity contribution in [2.75, 3.05) is 31.1 Å². The van der Waals surface area contributed by atoms with Gasteiger partial charge in [-0.05, 0) is 68.7 Å². The molecule has 3 aliphatic rings. The monoisotopic (exact) mass is 515 g/mol. The number of amides is 2. The number of hydrogen-bond acceptors (Lipinski definition) is 5. The molecule has 1 saturated carbocycles. The Labute approximate surface area is 219 Å². The predicted molar refractivity (Wildman–Crippen MR) is 144 cm³/mol. The van der Waals surface area contributed by atoms with Gasteiger partial charge in [-0.2, -0.15) is 0 Å². The minimum Gasteiger partial charge on any atom is -0.370 e. The standard InChI is InChI=1S/C27H42FN7O2/c28-18-8-9-24-22(17-18)21(10-14-32-25(36)23(29)7-4-13-33-27(30)31)26(37)35(24)20-11-15-34(16-12-20)19-5-2-1-3-6-19/h8-9,17,19-21,23H,1-7,10-16,29H2,(H,32,36)(H4,30,31,33)/t21?,23-/m0/s1. The zero-order valence-corrected chi connectivity index (χ0v) is 21.7. The van der Waals surface area contributed by atoms with Crippen LogP contribution in [-0.2, 0) is 9.59 Å². The Kier molecular flexibility index (Phi) is 9.37. The number of carbonyl (C=O) groups is 2. The van der Waals surface area contributed by atoms with Gasteiger partial charge in [-0.25, -0.2) is 4.39 Å². The Bertz CT molecular complexity index is 970. The molecule has 2 heterocycles. The van der Waals surface area contributed by atoms with Crippen molar-refractivity contribution in [1.82, 2.24) is 10.2 Å². The number of nitrogens with one attached hydrogen (secondary N) is 1. The summed E-state index contributed by atoms with van der Waals surface area (Å²) in [7, 11) is 0. The molecule has 37 heavy (non-hydrogen) atoms. The van der Waals surface area contributed by atoms with Crippen LogP contribution in [0.1, 0.15) is 75.7 Å². The molecule has 2 atom stereocenters. The number of fused-ring (bicyclic) bond motifs is 1. The van der Waals surface area contributed by atoms with E-state index in [0.717, 1.165) is 37.2 Å². The zero-order valence-electron chi connectivity index (χ0n) is 21.7. The Hall–Kier alpha value is -2.72. The van der Waals surface area contributed by atoms with Crippen LogP contribution in [0, 0.1) is 5.82 Å². The highest BCUT2D eigenvalue weighted by molar-refractivity contribution is 6.05. The molecule has 0 radical (unpaired) electrons. The summed E-state index contributed by atoms with van der Waals surface area (Å²) in [5.41, 5.74) is 18.1. The molecular formula is C27H42FN7O2. The van der Waals surface area contributed by atoms with E-state index in [1.807, 2.05) is 4.90 Å². The minimum absolute atomic E-state index is 0.00694. The Morgan fingerprint density at radius 2 is 1.84 bits per heavy atom. The van der Waals surface area contributed by atoms with Crippen LogP contribution in [0.25, 0.3) is 0 Å². The van der Waals surface area contributed by atoms with E-state index in [9.17, 15) is 14.0 Å². The highest BCUT2D eigenvalue weighted by Crippen LogP contribution is 2.42. The summed E-state index contributed by atoms with van der Waals surface area (Å²) < 4.78 is 14.2. The van der Waals surface area contributed by atoms with E-state index < -0.39 is 12.0 Å². The molecule has 9 nitrogen and oxygen atoms in total. The lowest BCUT2D eigenvalue weighted by Crippen LogP contribution is -2.50. The largest absolute Gasteiger partial charge is 0.370 e. The molecular weight excluding hydrogens is 473 g/mol. The number of piperidine rings is 1. The number of aliphatic imine (C=N–C) groups is 1. The fourth-order valence-corrected chi connectivity index (χ4v) is 6.18. The number of rotatable bonds is 10. The molecule has 4 rings (SSSR count). The van der Waals surface area contributed by atoms with Gasteiger partial charge in [-0.3, -0.25) is 14.6 Å². The smallest absolute Gasteiger partial charge is 0.236 e. The first kappa shape index (κ1) is 27.3. The molecule has 7 N–H and O–H groups in total. The van der Waals surface area contributed by atoms with E-state index in [0.29, 0.717) is 38.4 Å². The third-order valence-corrected chi connectivity index (χ3v) is 8.15. The van der Waals surface area contributed by atoms with Crippen molar-refractivity contribution >= 4 is 23.5 Å². The van der Waals surface area contributed by atoms with Gasteiger partial charge in [0, 0.05) is 44.0 Å². The molecule has 10 heteroatoms. The maximum Gasteiger partial charge on any atom is 0.236 e. The van der Waals surface area contributed by atoms with Crippen LogP contribution in [-0.4, -0.2) is 67.0 Å². The van der Waals surface area contributed by atoms with Crippen molar-refractivity contribution in [2.24, 2.45) is 22.2 Å². The van der Waals surface area contributed by atoms with Gasteiger partial charge < -0.3 is 32.3 Å². The van der Waals surface area contributed by atoms with Gasteiger partial charge in [0.15, 0.2) is 5.96 Å². The molecule has 1 aromatic carbocycles. The number of benzene rings is 1. The summed E-state index contributed by atoms with van der Waals surface area (Å²) in [6.07, 6.45) is 9.83. The average Bonchev–Trinajstić information content (AvgIpc) is 3.17. The first-order valence-corrected chi connectivity index (χ1v) is 13.8. The fourth-order valence-electron chi connectivity index (χ4n) is 6.18. The first-order valence-electron chi connectivity index (χ1n) is 13.8. The summed E-state index contributed by atoms with van der Waals surface area (Å²) in [5, 5.41) is 2.84. The lowest BCUT2D eigenvalue weighted by molar-refractivity contribution is -0.123. The third-order valence-electron chi connectivity index (χ3n) is 8.15. The van der Waals surface area contributed by atoms with Crippen molar-refractivity contribution < 1.29 is 14.0 Å². The molecule has 0 spiro atoms. The van der Waals surface area contributed by atoms with Gasteiger partial charge in [-0.1, -0.05) is 19.3 Å². The van der Waals surface area contributed by atoms with E-state index in [1.165, 1.54) is 44.2 Å². The summed E-state index contributed by atoms with van der Waals surface area (Å²) >= 11 is 0. The minimum atomic E-state index is -0.677. The van der Waals surface area contributed by atoms with E-state index in [-0.39, 0.29) is 29.6 Å². The number of likely N-dealkylation sites (tertiary alicyclic amines) is 1. The van der Waals surface area contributed by atoms with Crippen LogP contribution in [0.2, 0.25) is 0 Å². The van der Waals surface area contributed by atoms with Crippen molar-refractivity contribution in [1.29, 1.82) is 0 Å². The van der Waals surface area contributed by atoms with Gasteiger partial charge in [0.05, 0.1) is 12.0 Å². The highest BCUT2D eigenvalue weighted by Gasteiger charge is 2.42. The number of halogens is 1. The molecule has 2 fully saturated rings. The van der Waals surface area contributed by atoms with Crippen LogP contribution in [0.5, 0.6) is 0 Å². The third kappa shape index (κ3) is 6.78. The molecule has 1 saturated heterocycles. The van der Waals surface area contributed by atoms with Crippen LogP contribution in [0.15, 0.2) is 23.2 Å². The number of guanidine groups is 1. The summed E-state index contributed by atoms with van der Waals surface area (Å²) in [6.45, 7) is 2.70. The van der Waals surface area contributed by atoms with Gasteiger partial charge in [0.2, 0.25) is 11.8 Å². The summed E-state index contributed by atoms with van der Waals surface area (Å²) in [4.78, 5) is 34.4. The molecule has 1 aliphatic carbocycles. The second-order valence-corrected chi connectivity index (χ2v) is 10.7. The predicted octanol–water partition coefficient (Wildman–Crippen LogP) is 1.94. The maximum absolute atomic E-state index is 14.2. The normalized spacial score (nSPS) is 22.1. The van der Waals surface area contributed by atoms with Crippen LogP contribution >= 0.6 is 0 Å². The highest BCUT2D eigenvalue weighted by atomic mass is 19.1. The number of nitrogens with two attached hydrogens (primary N) is 3. The second-order valence-electron chi connectivity index (χ2n) is 10.7. The topological polar surface area (TPSA) is 143 Å². The Balaban J connectivity index is 1.32. The number of nitrogens with zero attached hydrogens (tertiary/aromatic N) is 3. The number of anilines is 1. The fraction of sp³-hybridized carbons (Fsp3) is 0.667. The van der Waals surface area contributed by atoms with Crippen LogP contribution < -0.4 is 27.4 Å². The molecule has 0 bridgehead atoms. The molecule has 1 unspecified atom stereocenters. The quantitative estimate of drug-likeness (QED) is 0.213. The van der Waals surface area contributed by atoms with Gasteiger partial charge in [-0.15, -0.1) is 0 Å². The van der Waals surface area contributed by atoms with Crippen LogP contribution in [0.4, 0.5) is 10.1 Å². The number of carbonyl (C=O) groups excluding carboxylic acids is 2. The lowest BCUT2D eigenvalue weighted by atomic mass is 9.91. The van der Waals surface area contributed by atoms with Gasteiger partial charge in [0.25, 0.3) is 0 Å². The Morgan fingerprint density at radius 1 is 1.11 bits per heavy atom. The lowest BCUT2D eigenvalue weighted by Gasteiger charge is -2.41. The molecule has 2 amide bonds. The van der Waals surface area contributed by atoms with Crippen molar-refractivity contribution in [3.05, 3.63) is 29.6 Å². The molecule has 0 aromatic heterocycles. The van der Waals surface area contributed by atoms with E-state index in [4.69, 9.17) is 17.2 Å². The molecule has 204 valence electrons. The maximum atomic E-state index is 14.2. The Morgan fingerprint density at radius 3 is 2.54 bits per heavy atom. The molecule has 2 aliphatic heterocycles. The van der Waals surface area contributed by atoms with Crippen molar-refractivity contribution in [2.45, 2.75) is 88.3 Å². The second kappa shape index (κ2) is 12.7. The summed E-state index contributed by atoms with van der Waals surface area (Å²) in [5.74, 6) is -1.08. The average molecular weight is 516 g/mol. The van der Waals surface area contributed by atoms with Crippen LogP contribution in [0.3, 0.4) is 0 Å². The van der Waals surface area contributed by atoms with Gasteiger partial charge >= 0.3 is 0 Å². The van der Waals surface area contributed by atoms with Crippen molar-refractivity contribution in [3.8, 4) is 0 Å². The SMILES string of the molecule is NC(N)=NCCC[C@H](N)C(=O)NCCC1C(=O)N(C2CCN(C3CCCCC3)CC2)c2ccc(F)cc21. The van der Waals surface area contributed by atoms with E-state index >= 15 is 0 Å². The molecule has 1 aromatic rings.